The maximum Gasteiger partial charge on any atom is 0.231 e. The van der Waals surface area contributed by atoms with E-state index in [4.69, 9.17) is 9.47 Å². The van der Waals surface area contributed by atoms with Crippen molar-refractivity contribution < 1.29 is 9.47 Å². The number of hydrogen-bond donors (Lipinski definition) is 1. The van der Waals surface area contributed by atoms with Crippen LogP contribution in [0.5, 0.6) is 11.5 Å². The minimum atomic E-state index is 0.308. The summed E-state index contributed by atoms with van der Waals surface area (Å²) in [4.78, 5) is 0. The van der Waals surface area contributed by atoms with Crippen LogP contribution >= 0.6 is 11.5 Å². The van der Waals surface area contributed by atoms with Gasteiger partial charge in [0, 0.05) is 24.0 Å². The largest absolute Gasteiger partial charge is 0.454 e. The molecule has 0 spiro atoms. The molecule has 0 unspecified atom stereocenters. The highest BCUT2D eigenvalue weighted by atomic mass is 32.1. The Labute approximate surface area is 103 Å². The fourth-order valence-electron chi connectivity index (χ4n) is 1.72. The Hall–Kier alpha value is -1.66. The van der Waals surface area contributed by atoms with E-state index in [2.05, 4.69) is 14.9 Å². The summed E-state index contributed by atoms with van der Waals surface area (Å²) in [6.45, 7) is 1.74. The Kier molecular flexibility index (Phi) is 2.89. The van der Waals surface area contributed by atoms with Crippen LogP contribution in [0.15, 0.2) is 23.6 Å². The predicted octanol–water partition coefficient (Wildman–Crippen LogP) is 1.56. The number of nitrogens with zero attached hydrogens (tertiary/aromatic N) is 2. The second-order valence-electron chi connectivity index (χ2n) is 3.65. The van der Waals surface area contributed by atoms with Gasteiger partial charge in [0.15, 0.2) is 11.5 Å². The molecule has 1 N–H and O–H groups in total. The number of fused-ring (bicyclic) bond motifs is 1. The smallest absolute Gasteiger partial charge is 0.231 e. The van der Waals surface area contributed by atoms with E-state index in [0.29, 0.717) is 13.3 Å². The van der Waals surface area contributed by atoms with E-state index in [9.17, 15) is 0 Å². The van der Waals surface area contributed by atoms with Crippen LogP contribution in [0.25, 0.3) is 0 Å². The molecule has 17 heavy (non-hydrogen) atoms. The van der Waals surface area contributed by atoms with Crippen LogP contribution in [0.3, 0.4) is 0 Å². The van der Waals surface area contributed by atoms with Gasteiger partial charge in [-0.2, -0.15) is 0 Å². The molecule has 0 radical (unpaired) electrons. The van der Waals surface area contributed by atoms with Gasteiger partial charge in [-0.15, -0.1) is 5.10 Å². The summed E-state index contributed by atoms with van der Waals surface area (Å²) in [5.74, 6) is 1.66. The Balaban J connectivity index is 1.64. The van der Waals surface area contributed by atoms with Crippen molar-refractivity contribution in [2.24, 2.45) is 0 Å². The molecule has 0 atom stereocenters. The summed E-state index contributed by atoms with van der Waals surface area (Å²) >= 11 is 1.36. The number of benzene rings is 1. The Morgan fingerprint density at radius 1 is 1.29 bits per heavy atom. The minimum absolute atomic E-state index is 0.308. The zero-order valence-electron chi connectivity index (χ0n) is 9.05. The molecule has 0 bridgehead atoms. The molecule has 88 valence electrons. The predicted molar refractivity (Wildman–Crippen MR) is 63.0 cm³/mol. The lowest BCUT2D eigenvalue weighted by Gasteiger charge is -2.06. The third-order valence-corrected chi connectivity index (χ3v) is 3.06. The van der Waals surface area contributed by atoms with Crippen LogP contribution in [0.1, 0.15) is 11.3 Å². The molecule has 2 heterocycles. The first-order chi connectivity index (χ1) is 8.43. The van der Waals surface area contributed by atoms with E-state index in [1.165, 1.54) is 11.5 Å². The van der Waals surface area contributed by atoms with Gasteiger partial charge >= 0.3 is 0 Å². The van der Waals surface area contributed by atoms with Crippen molar-refractivity contribution in [1.82, 2.24) is 14.9 Å². The number of nitrogens with one attached hydrogen (secondary N) is 1. The lowest BCUT2D eigenvalue weighted by atomic mass is 10.2. The van der Waals surface area contributed by atoms with Crippen LogP contribution in [0.2, 0.25) is 0 Å². The molecule has 0 aliphatic carbocycles. The summed E-state index contributed by atoms with van der Waals surface area (Å²) in [5.41, 5.74) is 2.06. The molecule has 6 heteroatoms. The Bertz CT molecular complexity index is 501. The van der Waals surface area contributed by atoms with E-state index < -0.39 is 0 Å². The number of ether oxygens (including phenoxy) is 2. The third-order valence-electron chi connectivity index (χ3n) is 2.50. The van der Waals surface area contributed by atoms with Gasteiger partial charge in [0.25, 0.3) is 0 Å². The average molecular weight is 249 g/mol. The highest BCUT2D eigenvalue weighted by molar-refractivity contribution is 7.03. The van der Waals surface area contributed by atoms with E-state index in [1.807, 2.05) is 23.6 Å². The SMILES string of the molecule is c1cc(CNCc2csnn2)c2c(c1)OCO2. The molecule has 0 amide bonds. The first kappa shape index (κ1) is 10.5. The Morgan fingerprint density at radius 2 is 2.29 bits per heavy atom. The zero-order chi connectivity index (χ0) is 11.5. The first-order valence-electron chi connectivity index (χ1n) is 5.27. The fourth-order valence-corrected chi connectivity index (χ4v) is 2.17. The molecule has 1 aromatic carbocycles. The first-order valence-corrected chi connectivity index (χ1v) is 6.11. The third kappa shape index (κ3) is 2.22. The fraction of sp³-hybridized carbons (Fsp3) is 0.273. The highest BCUT2D eigenvalue weighted by Gasteiger charge is 2.16. The molecule has 0 saturated carbocycles. The average Bonchev–Trinajstić information content (AvgIpc) is 2.99. The van der Waals surface area contributed by atoms with E-state index in [1.54, 1.807) is 0 Å². The molecule has 5 nitrogen and oxygen atoms in total. The van der Waals surface area contributed by atoms with E-state index >= 15 is 0 Å². The van der Waals surface area contributed by atoms with Crippen molar-refractivity contribution in [2.45, 2.75) is 13.1 Å². The van der Waals surface area contributed by atoms with E-state index in [-0.39, 0.29) is 0 Å². The van der Waals surface area contributed by atoms with Crippen molar-refractivity contribution in [2.75, 3.05) is 6.79 Å². The standard InChI is InChI=1S/C11H11N3O2S/c1-2-8(11-10(3-1)15-7-16-11)4-12-5-9-6-17-14-13-9/h1-3,6,12H,4-5,7H2. The molecule has 0 fully saturated rings. The van der Waals surface area contributed by atoms with Gasteiger partial charge in [0.1, 0.15) is 0 Å². The van der Waals surface area contributed by atoms with Crippen molar-refractivity contribution in [3.8, 4) is 11.5 Å². The summed E-state index contributed by atoms with van der Waals surface area (Å²) in [6.07, 6.45) is 0. The molecule has 1 aliphatic heterocycles. The van der Waals surface area contributed by atoms with Crippen molar-refractivity contribution in [3.05, 3.63) is 34.8 Å². The summed E-state index contributed by atoms with van der Waals surface area (Å²) in [5, 5.41) is 9.20. The Morgan fingerprint density at radius 3 is 3.18 bits per heavy atom. The van der Waals surface area contributed by atoms with Crippen LogP contribution in [0.4, 0.5) is 0 Å². The summed E-state index contributed by atoms with van der Waals surface area (Å²) < 4.78 is 14.6. The molecular formula is C11H11N3O2S. The molecule has 3 rings (SSSR count). The molecule has 2 aromatic rings. The van der Waals surface area contributed by atoms with Crippen molar-refractivity contribution in [1.29, 1.82) is 0 Å². The van der Waals surface area contributed by atoms with Crippen LogP contribution < -0.4 is 14.8 Å². The number of para-hydroxylation sites is 1. The number of hydrogen-bond acceptors (Lipinski definition) is 6. The normalized spacial score (nSPS) is 12.9. The van der Waals surface area contributed by atoms with E-state index in [0.717, 1.165) is 29.3 Å². The second kappa shape index (κ2) is 4.68. The van der Waals surface area contributed by atoms with Gasteiger partial charge in [-0.3, -0.25) is 0 Å². The molecular weight excluding hydrogens is 238 g/mol. The quantitative estimate of drug-likeness (QED) is 0.891. The topological polar surface area (TPSA) is 56.3 Å². The van der Waals surface area contributed by atoms with Crippen molar-refractivity contribution >= 4 is 11.5 Å². The maximum atomic E-state index is 5.43. The summed E-state index contributed by atoms with van der Waals surface area (Å²) in [7, 11) is 0. The second-order valence-corrected chi connectivity index (χ2v) is 4.26. The van der Waals surface area contributed by atoms with Gasteiger partial charge in [-0.1, -0.05) is 16.6 Å². The van der Waals surface area contributed by atoms with Crippen LogP contribution in [-0.4, -0.2) is 16.4 Å². The van der Waals surface area contributed by atoms with Gasteiger partial charge in [-0.05, 0) is 17.6 Å². The number of aromatic nitrogens is 2. The van der Waals surface area contributed by atoms with Gasteiger partial charge < -0.3 is 14.8 Å². The van der Waals surface area contributed by atoms with Crippen molar-refractivity contribution in [3.63, 3.8) is 0 Å². The lowest BCUT2D eigenvalue weighted by Crippen LogP contribution is -2.13. The van der Waals surface area contributed by atoms with Crippen LogP contribution in [-0.2, 0) is 13.1 Å². The highest BCUT2D eigenvalue weighted by Crippen LogP contribution is 2.35. The van der Waals surface area contributed by atoms with Gasteiger partial charge in [-0.25, -0.2) is 0 Å². The monoisotopic (exact) mass is 249 g/mol. The summed E-state index contributed by atoms with van der Waals surface area (Å²) in [6, 6.07) is 5.91. The minimum Gasteiger partial charge on any atom is -0.454 e. The number of rotatable bonds is 4. The van der Waals surface area contributed by atoms with Gasteiger partial charge in [0.2, 0.25) is 6.79 Å². The van der Waals surface area contributed by atoms with Crippen LogP contribution in [0, 0.1) is 0 Å². The zero-order valence-corrected chi connectivity index (χ0v) is 9.87. The maximum absolute atomic E-state index is 5.43. The molecule has 1 aliphatic rings. The lowest BCUT2D eigenvalue weighted by molar-refractivity contribution is 0.173. The molecule has 0 saturated heterocycles. The van der Waals surface area contributed by atoms with Gasteiger partial charge in [0.05, 0.1) is 5.69 Å². The molecule has 1 aromatic heterocycles.